The molecule has 1 fully saturated rings. The van der Waals surface area contributed by atoms with E-state index >= 15 is 0 Å². The molecule has 6 nitrogen and oxygen atoms in total. The zero-order valence-corrected chi connectivity index (χ0v) is 16.3. The number of amides is 4. The van der Waals surface area contributed by atoms with E-state index in [9.17, 15) is 9.59 Å². The van der Waals surface area contributed by atoms with Gasteiger partial charge in [-0.3, -0.25) is 0 Å². The van der Waals surface area contributed by atoms with Crippen LogP contribution in [0, 0.1) is 5.92 Å². The number of rotatable bonds is 6. The maximum atomic E-state index is 12.3. The van der Waals surface area contributed by atoms with E-state index in [1.165, 1.54) is 0 Å². The molecule has 26 heavy (non-hydrogen) atoms. The average Bonchev–Trinajstić information content (AvgIpc) is 2.62. The van der Waals surface area contributed by atoms with Crippen LogP contribution in [0.5, 0.6) is 0 Å². The van der Waals surface area contributed by atoms with Crippen LogP contribution in [0.3, 0.4) is 0 Å². The summed E-state index contributed by atoms with van der Waals surface area (Å²) in [4.78, 5) is 25.9. The van der Waals surface area contributed by atoms with Crippen molar-refractivity contribution in [3.8, 4) is 0 Å². The molecule has 1 heterocycles. The van der Waals surface area contributed by atoms with E-state index in [-0.39, 0.29) is 18.1 Å². The normalized spacial score (nSPS) is 16.0. The van der Waals surface area contributed by atoms with E-state index in [4.69, 9.17) is 11.6 Å². The van der Waals surface area contributed by atoms with Crippen molar-refractivity contribution in [3.63, 3.8) is 0 Å². The van der Waals surface area contributed by atoms with Gasteiger partial charge in [0.25, 0.3) is 0 Å². The van der Waals surface area contributed by atoms with Crippen LogP contribution in [-0.2, 0) is 0 Å². The summed E-state index contributed by atoms with van der Waals surface area (Å²) in [7, 11) is 0. The molecule has 7 heteroatoms. The minimum Gasteiger partial charge on any atom is -0.338 e. The number of hydrogen-bond acceptors (Lipinski definition) is 2. The molecule has 0 unspecified atom stereocenters. The highest BCUT2D eigenvalue weighted by Crippen LogP contribution is 2.21. The largest absolute Gasteiger partial charge is 0.338 e. The van der Waals surface area contributed by atoms with Crippen LogP contribution in [0.2, 0.25) is 5.02 Å². The van der Waals surface area contributed by atoms with Gasteiger partial charge in [0.15, 0.2) is 0 Å². The Hall–Kier alpha value is -1.95. The molecule has 0 spiro atoms. The van der Waals surface area contributed by atoms with Gasteiger partial charge in [0.05, 0.1) is 0 Å². The lowest BCUT2D eigenvalue weighted by molar-refractivity contribution is 0.179. The van der Waals surface area contributed by atoms with Gasteiger partial charge in [-0.15, -0.1) is 0 Å². The Morgan fingerprint density at radius 2 is 2.04 bits per heavy atom. The fraction of sp³-hybridized carbons (Fsp3) is 0.579. The summed E-state index contributed by atoms with van der Waals surface area (Å²) in [5.41, 5.74) is 0.709. The van der Waals surface area contributed by atoms with E-state index < -0.39 is 0 Å². The summed E-state index contributed by atoms with van der Waals surface area (Å²) in [5.74, 6) is 0.536. The van der Waals surface area contributed by atoms with Crippen molar-refractivity contribution >= 4 is 29.4 Å². The molecule has 4 amide bonds. The van der Waals surface area contributed by atoms with Gasteiger partial charge in [-0.25, -0.2) is 9.59 Å². The Balaban J connectivity index is 1.65. The van der Waals surface area contributed by atoms with Crippen molar-refractivity contribution in [2.75, 3.05) is 25.0 Å². The number of nitrogens with zero attached hydrogens (tertiary/aromatic N) is 1. The maximum absolute atomic E-state index is 12.3. The molecule has 1 aromatic carbocycles. The topological polar surface area (TPSA) is 73.5 Å². The molecule has 0 saturated carbocycles. The SMILES string of the molecule is CC[C@H](C)NC(=O)NCCC1CCN(C(=O)Nc2cccc(Cl)c2)CC1. The molecule has 3 N–H and O–H groups in total. The van der Waals surface area contributed by atoms with E-state index in [1.807, 2.05) is 30.9 Å². The first-order chi connectivity index (χ1) is 12.5. The lowest BCUT2D eigenvalue weighted by atomic mass is 9.94. The maximum Gasteiger partial charge on any atom is 0.321 e. The van der Waals surface area contributed by atoms with Crippen LogP contribution in [0.1, 0.15) is 39.5 Å². The molecule has 2 rings (SSSR count). The number of carbonyl (C=O) groups is 2. The number of likely N-dealkylation sites (tertiary alicyclic amines) is 1. The zero-order chi connectivity index (χ0) is 18.9. The Morgan fingerprint density at radius 1 is 1.31 bits per heavy atom. The minimum atomic E-state index is -0.0994. The summed E-state index contributed by atoms with van der Waals surface area (Å²) in [6, 6.07) is 7.16. The van der Waals surface area contributed by atoms with E-state index in [0.29, 0.717) is 23.2 Å². The van der Waals surface area contributed by atoms with Crippen molar-refractivity contribution in [3.05, 3.63) is 29.3 Å². The molecule has 1 atom stereocenters. The van der Waals surface area contributed by atoms with Crippen LogP contribution < -0.4 is 16.0 Å². The number of halogens is 1. The number of hydrogen-bond donors (Lipinski definition) is 3. The number of carbonyl (C=O) groups excluding carboxylic acids is 2. The first-order valence-corrected chi connectivity index (χ1v) is 9.71. The first-order valence-electron chi connectivity index (χ1n) is 9.33. The monoisotopic (exact) mass is 380 g/mol. The molecule has 0 radical (unpaired) electrons. The molecule has 0 aromatic heterocycles. The van der Waals surface area contributed by atoms with E-state index in [0.717, 1.165) is 38.8 Å². The van der Waals surface area contributed by atoms with Crippen LogP contribution in [-0.4, -0.2) is 42.6 Å². The third-order valence-corrected chi connectivity index (χ3v) is 5.04. The van der Waals surface area contributed by atoms with Gasteiger partial charge < -0.3 is 20.9 Å². The Kier molecular flexibility index (Phi) is 8.04. The molecule has 0 aliphatic carbocycles. The molecule has 1 saturated heterocycles. The smallest absolute Gasteiger partial charge is 0.321 e. The lowest BCUT2D eigenvalue weighted by Crippen LogP contribution is -2.43. The quantitative estimate of drug-likeness (QED) is 0.695. The third kappa shape index (κ3) is 6.75. The van der Waals surface area contributed by atoms with Crippen molar-refractivity contribution in [2.24, 2.45) is 5.92 Å². The highest BCUT2D eigenvalue weighted by Gasteiger charge is 2.22. The second-order valence-corrected chi connectivity index (χ2v) is 7.31. The van der Waals surface area contributed by atoms with Gasteiger partial charge in [0.1, 0.15) is 0 Å². The van der Waals surface area contributed by atoms with Crippen LogP contribution in [0.25, 0.3) is 0 Å². The van der Waals surface area contributed by atoms with Gasteiger partial charge in [0.2, 0.25) is 0 Å². The molecule has 1 aliphatic rings. The molecule has 144 valence electrons. The molecular formula is C19H29ClN4O2. The van der Waals surface area contributed by atoms with Crippen molar-refractivity contribution in [1.29, 1.82) is 0 Å². The first kappa shape index (κ1) is 20.4. The average molecular weight is 381 g/mol. The second-order valence-electron chi connectivity index (χ2n) is 6.87. The van der Waals surface area contributed by atoms with Gasteiger partial charge in [-0.2, -0.15) is 0 Å². The summed E-state index contributed by atoms with van der Waals surface area (Å²) in [5, 5.41) is 9.30. The van der Waals surface area contributed by atoms with Gasteiger partial charge in [-0.1, -0.05) is 24.6 Å². The van der Waals surface area contributed by atoms with Crippen molar-refractivity contribution in [2.45, 2.75) is 45.6 Å². The summed E-state index contributed by atoms with van der Waals surface area (Å²) < 4.78 is 0. The summed E-state index contributed by atoms with van der Waals surface area (Å²) in [6.07, 6.45) is 3.77. The molecule has 1 aliphatic heterocycles. The highest BCUT2D eigenvalue weighted by atomic mass is 35.5. The molecule has 1 aromatic rings. The Bertz CT molecular complexity index is 603. The van der Waals surface area contributed by atoms with E-state index in [1.54, 1.807) is 12.1 Å². The molecule has 0 bridgehead atoms. The minimum absolute atomic E-state index is 0.0863. The number of benzene rings is 1. The lowest BCUT2D eigenvalue weighted by Gasteiger charge is -2.32. The number of nitrogens with one attached hydrogen (secondary N) is 3. The summed E-state index contributed by atoms with van der Waals surface area (Å²) >= 11 is 5.94. The molecular weight excluding hydrogens is 352 g/mol. The van der Waals surface area contributed by atoms with Crippen molar-refractivity contribution in [1.82, 2.24) is 15.5 Å². The standard InChI is InChI=1S/C19H29ClN4O2/c1-3-14(2)22-18(25)21-10-7-15-8-11-24(12-9-15)19(26)23-17-6-4-5-16(20)13-17/h4-6,13-15H,3,7-12H2,1-2H3,(H,23,26)(H2,21,22,25)/t14-/m0/s1. The van der Waals surface area contributed by atoms with Crippen LogP contribution in [0.15, 0.2) is 24.3 Å². The van der Waals surface area contributed by atoms with Crippen LogP contribution >= 0.6 is 11.6 Å². The third-order valence-electron chi connectivity index (χ3n) is 4.81. The zero-order valence-electron chi connectivity index (χ0n) is 15.6. The Labute approximate surface area is 160 Å². The fourth-order valence-corrected chi connectivity index (χ4v) is 3.15. The van der Waals surface area contributed by atoms with Gasteiger partial charge >= 0.3 is 12.1 Å². The number of anilines is 1. The van der Waals surface area contributed by atoms with Crippen molar-refractivity contribution < 1.29 is 9.59 Å². The highest BCUT2D eigenvalue weighted by molar-refractivity contribution is 6.30. The van der Waals surface area contributed by atoms with Gasteiger partial charge in [-0.05, 0) is 56.7 Å². The summed E-state index contributed by atoms with van der Waals surface area (Å²) in [6.45, 7) is 6.17. The Morgan fingerprint density at radius 3 is 2.69 bits per heavy atom. The van der Waals surface area contributed by atoms with Crippen LogP contribution in [0.4, 0.5) is 15.3 Å². The van der Waals surface area contributed by atoms with Gasteiger partial charge in [0, 0.05) is 36.4 Å². The predicted molar refractivity (Wildman–Crippen MR) is 106 cm³/mol. The number of piperidine rings is 1. The second kappa shape index (κ2) is 10.3. The van der Waals surface area contributed by atoms with E-state index in [2.05, 4.69) is 16.0 Å². The fourth-order valence-electron chi connectivity index (χ4n) is 2.96. The number of urea groups is 2. The predicted octanol–water partition coefficient (Wildman–Crippen LogP) is 4.07.